The summed E-state index contributed by atoms with van der Waals surface area (Å²) in [7, 11) is 0. The molecule has 1 fully saturated rings. The molecule has 2 N–H and O–H groups in total. The Morgan fingerprint density at radius 3 is 1.78 bits per heavy atom. The maximum atomic E-state index is 9.28. The topological polar surface area (TPSA) is 40.5 Å². The lowest BCUT2D eigenvalue weighted by Gasteiger charge is -2.30. The van der Waals surface area contributed by atoms with Gasteiger partial charge in [0.15, 0.2) is 5.79 Å². The molecule has 0 unspecified atom stereocenters. The third kappa shape index (κ3) is 0.970. The number of hydrogen-bond acceptors (Lipinski definition) is 2. The van der Waals surface area contributed by atoms with E-state index in [1.807, 2.05) is 13.8 Å². The molecule has 0 bridgehead atoms. The fourth-order valence-electron chi connectivity index (χ4n) is 1.32. The van der Waals surface area contributed by atoms with Gasteiger partial charge in [-0.1, -0.05) is 13.8 Å². The van der Waals surface area contributed by atoms with Crippen LogP contribution in [0.1, 0.15) is 33.1 Å². The normalized spacial score (nSPS) is 30.7. The smallest absolute Gasteiger partial charge is 0.167 e. The van der Waals surface area contributed by atoms with E-state index in [-0.39, 0.29) is 5.41 Å². The molecule has 0 heterocycles. The zero-order valence-corrected chi connectivity index (χ0v) is 6.02. The molecule has 1 rings (SSSR count). The van der Waals surface area contributed by atoms with Gasteiger partial charge in [0, 0.05) is 11.8 Å². The van der Waals surface area contributed by atoms with E-state index in [2.05, 4.69) is 0 Å². The first-order valence-electron chi connectivity index (χ1n) is 3.40. The Morgan fingerprint density at radius 2 is 1.67 bits per heavy atom. The SMILES string of the molecule is CC1(C)CCCC1(O)O. The largest absolute Gasteiger partial charge is 0.365 e. The zero-order chi connectivity index (χ0) is 7.12. The van der Waals surface area contributed by atoms with Gasteiger partial charge >= 0.3 is 0 Å². The first kappa shape index (κ1) is 7.03. The van der Waals surface area contributed by atoms with Crippen molar-refractivity contribution in [3.05, 3.63) is 0 Å². The monoisotopic (exact) mass is 130 g/mol. The first-order valence-corrected chi connectivity index (χ1v) is 3.40. The average Bonchev–Trinajstić information content (AvgIpc) is 1.81. The van der Waals surface area contributed by atoms with E-state index >= 15 is 0 Å². The molecule has 0 atom stereocenters. The lowest BCUT2D eigenvalue weighted by molar-refractivity contribution is -0.215. The molecule has 0 saturated heterocycles. The van der Waals surface area contributed by atoms with Crippen molar-refractivity contribution >= 4 is 0 Å². The molecule has 54 valence electrons. The average molecular weight is 130 g/mol. The molecule has 0 radical (unpaired) electrons. The summed E-state index contributed by atoms with van der Waals surface area (Å²) in [5.74, 6) is -1.41. The molecule has 0 spiro atoms. The summed E-state index contributed by atoms with van der Waals surface area (Å²) >= 11 is 0. The summed E-state index contributed by atoms with van der Waals surface area (Å²) in [5, 5.41) is 18.6. The van der Waals surface area contributed by atoms with Crippen molar-refractivity contribution < 1.29 is 10.2 Å². The molecule has 0 amide bonds. The molecule has 1 aliphatic rings. The predicted molar refractivity (Wildman–Crippen MR) is 34.8 cm³/mol. The Bertz CT molecular complexity index is 102. The van der Waals surface area contributed by atoms with Gasteiger partial charge in [-0.2, -0.15) is 0 Å². The second-order valence-electron chi connectivity index (χ2n) is 3.55. The summed E-state index contributed by atoms with van der Waals surface area (Å²) < 4.78 is 0. The van der Waals surface area contributed by atoms with E-state index in [1.165, 1.54) is 0 Å². The van der Waals surface area contributed by atoms with Crippen molar-refractivity contribution in [2.24, 2.45) is 5.41 Å². The van der Waals surface area contributed by atoms with Gasteiger partial charge in [0.2, 0.25) is 0 Å². The molecule has 1 saturated carbocycles. The zero-order valence-electron chi connectivity index (χ0n) is 6.02. The highest BCUT2D eigenvalue weighted by atomic mass is 16.5. The number of rotatable bonds is 0. The Balaban J connectivity index is 2.75. The van der Waals surface area contributed by atoms with Gasteiger partial charge < -0.3 is 10.2 Å². The van der Waals surface area contributed by atoms with Crippen LogP contribution in [0.15, 0.2) is 0 Å². The summed E-state index contributed by atoms with van der Waals surface area (Å²) in [6, 6.07) is 0. The Kier molecular flexibility index (Phi) is 1.33. The summed E-state index contributed by atoms with van der Waals surface area (Å²) in [6.07, 6.45) is 2.38. The van der Waals surface area contributed by atoms with Crippen molar-refractivity contribution in [2.75, 3.05) is 0 Å². The molecule has 9 heavy (non-hydrogen) atoms. The van der Waals surface area contributed by atoms with Crippen LogP contribution in [-0.2, 0) is 0 Å². The molecule has 2 heteroatoms. The van der Waals surface area contributed by atoms with Gasteiger partial charge in [-0.3, -0.25) is 0 Å². The van der Waals surface area contributed by atoms with Crippen LogP contribution in [0.5, 0.6) is 0 Å². The van der Waals surface area contributed by atoms with Gasteiger partial charge in [-0.25, -0.2) is 0 Å². The molecular formula is C7H14O2. The lowest BCUT2D eigenvalue weighted by atomic mass is 9.86. The minimum atomic E-state index is -1.41. The molecule has 0 aliphatic heterocycles. The molecule has 2 nitrogen and oxygen atoms in total. The number of aliphatic hydroxyl groups is 2. The molecule has 0 aromatic rings. The van der Waals surface area contributed by atoms with Crippen molar-refractivity contribution in [3.63, 3.8) is 0 Å². The summed E-state index contributed by atoms with van der Waals surface area (Å²) in [4.78, 5) is 0. The van der Waals surface area contributed by atoms with Crippen molar-refractivity contribution in [1.29, 1.82) is 0 Å². The summed E-state index contributed by atoms with van der Waals surface area (Å²) in [6.45, 7) is 3.78. The fraction of sp³-hybridized carbons (Fsp3) is 1.00. The van der Waals surface area contributed by atoms with Crippen LogP contribution in [0.4, 0.5) is 0 Å². The Labute approximate surface area is 55.5 Å². The van der Waals surface area contributed by atoms with Gasteiger partial charge in [0.1, 0.15) is 0 Å². The highest BCUT2D eigenvalue weighted by Crippen LogP contribution is 2.43. The van der Waals surface area contributed by atoms with E-state index in [0.29, 0.717) is 6.42 Å². The van der Waals surface area contributed by atoms with Gasteiger partial charge in [0.05, 0.1) is 0 Å². The molecule has 1 aliphatic carbocycles. The van der Waals surface area contributed by atoms with Gasteiger partial charge in [-0.15, -0.1) is 0 Å². The van der Waals surface area contributed by atoms with E-state index in [1.54, 1.807) is 0 Å². The standard InChI is InChI=1S/C7H14O2/c1-6(2)4-3-5-7(6,8)9/h8-9H,3-5H2,1-2H3. The fourth-order valence-corrected chi connectivity index (χ4v) is 1.32. The molecular weight excluding hydrogens is 116 g/mol. The maximum absolute atomic E-state index is 9.28. The van der Waals surface area contributed by atoms with Crippen LogP contribution in [0.25, 0.3) is 0 Å². The quantitative estimate of drug-likeness (QED) is 0.478. The van der Waals surface area contributed by atoms with E-state index in [9.17, 15) is 10.2 Å². The Morgan fingerprint density at radius 1 is 1.11 bits per heavy atom. The Hall–Kier alpha value is -0.0800. The van der Waals surface area contributed by atoms with Gasteiger partial charge in [-0.05, 0) is 12.8 Å². The second kappa shape index (κ2) is 1.70. The third-order valence-corrected chi connectivity index (χ3v) is 2.41. The van der Waals surface area contributed by atoms with Crippen LogP contribution in [0, 0.1) is 5.41 Å². The van der Waals surface area contributed by atoms with Crippen LogP contribution in [0.3, 0.4) is 0 Å². The molecule has 0 aromatic heterocycles. The van der Waals surface area contributed by atoms with E-state index in [4.69, 9.17) is 0 Å². The minimum Gasteiger partial charge on any atom is -0.365 e. The van der Waals surface area contributed by atoms with E-state index in [0.717, 1.165) is 12.8 Å². The van der Waals surface area contributed by atoms with Crippen LogP contribution in [-0.4, -0.2) is 16.0 Å². The number of hydrogen-bond donors (Lipinski definition) is 2. The highest BCUT2D eigenvalue weighted by molar-refractivity contribution is 4.90. The highest BCUT2D eigenvalue weighted by Gasteiger charge is 2.45. The minimum absolute atomic E-state index is 0.299. The van der Waals surface area contributed by atoms with Gasteiger partial charge in [0.25, 0.3) is 0 Å². The van der Waals surface area contributed by atoms with Crippen molar-refractivity contribution in [1.82, 2.24) is 0 Å². The van der Waals surface area contributed by atoms with Crippen molar-refractivity contribution in [3.8, 4) is 0 Å². The first-order chi connectivity index (χ1) is 3.96. The third-order valence-electron chi connectivity index (χ3n) is 2.41. The maximum Gasteiger partial charge on any atom is 0.167 e. The predicted octanol–water partition coefficient (Wildman–Crippen LogP) is 0.877. The summed E-state index contributed by atoms with van der Waals surface area (Å²) in [5.41, 5.74) is -0.299. The molecule has 0 aromatic carbocycles. The lowest BCUT2D eigenvalue weighted by Crippen LogP contribution is -2.39. The van der Waals surface area contributed by atoms with Crippen LogP contribution >= 0.6 is 0 Å². The van der Waals surface area contributed by atoms with Crippen LogP contribution < -0.4 is 0 Å². The van der Waals surface area contributed by atoms with E-state index < -0.39 is 5.79 Å². The second-order valence-corrected chi connectivity index (χ2v) is 3.55. The van der Waals surface area contributed by atoms with Crippen LogP contribution in [0.2, 0.25) is 0 Å². The van der Waals surface area contributed by atoms with Crippen molar-refractivity contribution in [2.45, 2.75) is 38.9 Å².